The van der Waals surface area contributed by atoms with E-state index in [0.29, 0.717) is 28.4 Å². The maximum absolute atomic E-state index is 11.8. The summed E-state index contributed by atoms with van der Waals surface area (Å²) in [4.78, 5) is 23.5. The van der Waals surface area contributed by atoms with Crippen molar-refractivity contribution in [3.63, 3.8) is 0 Å². The first-order valence-corrected chi connectivity index (χ1v) is 8.68. The summed E-state index contributed by atoms with van der Waals surface area (Å²) in [6.07, 6.45) is 0.950. The lowest BCUT2D eigenvalue weighted by Crippen LogP contribution is -2.21. The Hall–Kier alpha value is -1.36. The molecular weight excluding hydrogens is 360 g/mol. The maximum Gasteiger partial charge on any atom is 0.311 e. The normalized spacial score (nSPS) is 14.0. The number of carboxylic acids is 2. The number of hydrogen-bond acceptors (Lipinski definition) is 2. The molecule has 0 saturated carbocycles. The van der Waals surface area contributed by atoms with Crippen LogP contribution >= 0.6 is 15.9 Å². The van der Waals surface area contributed by atoms with Gasteiger partial charge in [0.2, 0.25) is 0 Å². The number of benzene rings is 1. The third-order valence-corrected chi connectivity index (χ3v) is 4.51. The second kappa shape index (κ2) is 8.48. The van der Waals surface area contributed by atoms with E-state index in [2.05, 4.69) is 15.9 Å². The molecule has 4 nitrogen and oxygen atoms in total. The van der Waals surface area contributed by atoms with E-state index >= 15 is 0 Å². The Morgan fingerprint density at radius 3 is 1.87 bits per heavy atom. The molecule has 0 fully saturated rings. The van der Waals surface area contributed by atoms with Gasteiger partial charge in [0.1, 0.15) is 0 Å². The van der Waals surface area contributed by atoms with Crippen LogP contribution in [0, 0.1) is 11.8 Å². The number of hydrogen-bond donors (Lipinski definition) is 2. The van der Waals surface area contributed by atoms with Crippen molar-refractivity contribution in [1.29, 1.82) is 0 Å². The zero-order valence-corrected chi connectivity index (χ0v) is 15.6. The molecule has 0 saturated heterocycles. The molecule has 2 atom stereocenters. The zero-order chi connectivity index (χ0) is 17.7. The van der Waals surface area contributed by atoms with E-state index in [1.54, 1.807) is 18.2 Å². The molecule has 0 radical (unpaired) electrons. The molecule has 0 aromatic heterocycles. The number of carboxylic acid groups (broad SMARTS) is 2. The summed E-state index contributed by atoms with van der Waals surface area (Å²) in [5, 5.41) is 19.3. The van der Waals surface area contributed by atoms with Crippen molar-refractivity contribution in [2.45, 2.75) is 52.4 Å². The Bertz CT molecular complexity index is 566. The standard InChI is InChI=1S/C18H25BrO4/c1-10(2)8-13(17(20)21)12-6-5-7-15(19)16(12)14(18(22)23)9-11(3)4/h5-7,10-11,13-14H,8-9H2,1-4H3,(H,20,21)(H,22,23). The van der Waals surface area contributed by atoms with Crippen LogP contribution in [0.3, 0.4) is 0 Å². The molecule has 23 heavy (non-hydrogen) atoms. The SMILES string of the molecule is CC(C)CC(C(=O)O)c1cccc(Br)c1C(CC(C)C)C(=O)O. The highest BCUT2D eigenvalue weighted by Gasteiger charge is 2.31. The molecule has 0 bridgehead atoms. The molecule has 0 aliphatic heterocycles. The lowest BCUT2D eigenvalue weighted by Gasteiger charge is -2.24. The summed E-state index contributed by atoms with van der Waals surface area (Å²) in [5.74, 6) is -2.83. The summed E-state index contributed by atoms with van der Waals surface area (Å²) in [6, 6.07) is 5.30. The first-order valence-electron chi connectivity index (χ1n) is 7.89. The van der Waals surface area contributed by atoms with Crippen molar-refractivity contribution in [2.24, 2.45) is 11.8 Å². The van der Waals surface area contributed by atoms with Gasteiger partial charge in [0.25, 0.3) is 0 Å². The molecule has 2 unspecified atom stereocenters. The molecular formula is C18H25BrO4. The van der Waals surface area contributed by atoms with E-state index in [1.807, 2.05) is 27.7 Å². The predicted octanol–water partition coefficient (Wildman–Crippen LogP) is 4.88. The van der Waals surface area contributed by atoms with Gasteiger partial charge in [-0.25, -0.2) is 0 Å². The van der Waals surface area contributed by atoms with Crippen molar-refractivity contribution in [2.75, 3.05) is 0 Å². The van der Waals surface area contributed by atoms with Gasteiger partial charge in [-0.15, -0.1) is 0 Å². The van der Waals surface area contributed by atoms with Crippen LogP contribution in [0.25, 0.3) is 0 Å². The fourth-order valence-electron chi connectivity index (χ4n) is 2.87. The van der Waals surface area contributed by atoms with Crippen molar-refractivity contribution in [3.8, 4) is 0 Å². The van der Waals surface area contributed by atoms with E-state index in [9.17, 15) is 19.8 Å². The molecule has 0 amide bonds. The smallest absolute Gasteiger partial charge is 0.311 e. The minimum atomic E-state index is -0.916. The van der Waals surface area contributed by atoms with Crippen LogP contribution in [0.15, 0.2) is 22.7 Å². The van der Waals surface area contributed by atoms with Gasteiger partial charge < -0.3 is 10.2 Å². The van der Waals surface area contributed by atoms with Crippen LogP contribution in [-0.4, -0.2) is 22.2 Å². The van der Waals surface area contributed by atoms with Gasteiger partial charge in [-0.3, -0.25) is 9.59 Å². The fraction of sp³-hybridized carbons (Fsp3) is 0.556. The highest BCUT2D eigenvalue weighted by atomic mass is 79.9. The third kappa shape index (κ3) is 5.34. The molecule has 128 valence electrons. The Balaban J connectivity index is 3.46. The largest absolute Gasteiger partial charge is 0.481 e. The van der Waals surface area contributed by atoms with Crippen LogP contribution < -0.4 is 0 Å². The summed E-state index contributed by atoms with van der Waals surface area (Å²) in [5.41, 5.74) is 1.20. The van der Waals surface area contributed by atoms with E-state index in [0.717, 1.165) is 0 Å². The highest BCUT2D eigenvalue weighted by molar-refractivity contribution is 9.10. The van der Waals surface area contributed by atoms with E-state index in [1.165, 1.54) is 0 Å². The lowest BCUT2D eigenvalue weighted by molar-refractivity contribution is -0.140. The first kappa shape index (κ1) is 19.7. The van der Waals surface area contributed by atoms with Crippen molar-refractivity contribution >= 4 is 27.9 Å². The quantitative estimate of drug-likeness (QED) is 0.669. The molecule has 1 rings (SSSR count). The minimum absolute atomic E-state index is 0.199. The minimum Gasteiger partial charge on any atom is -0.481 e. The Labute approximate surface area is 146 Å². The highest BCUT2D eigenvalue weighted by Crippen LogP contribution is 2.38. The Morgan fingerprint density at radius 2 is 1.43 bits per heavy atom. The molecule has 2 N–H and O–H groups in total. The molecule has 0 aliphatic carbocycles. The number of aliphatic carboxylic acids is 2. The molecule has 1 aromatic rings. The van der Waals surface area contributed by atoms with Gasteiger partial charge in [0.05, 0.1) is 11.8 Å². The molecule has 1 aromatic carbocycles. The summed E-state index contributed by atoms with van der Waals surface area (Å²) >= 11 is 3.43. The monoisotopic (exact) mass is 384 g/mol. The fourth-order valence-corrected chi connectivity index (χ4v) is 3.53. The average Bonchev–Trinajstić information content (AvgIpc) is 2.41. The van der Waals surface area contributed by atoms with Crippen LogP contribution in [-0.2, 0) is 9.59 Å². The van der Waals surface area contributed by atoms with Gasteiger partial charge >= 0.3 is 11.9 Å². The van der Waals surface area contributed by atoms with E-state index in [4.69, 9.17) is 0 Å². The van der Waals surface area contributed by atoms with Gasteiger partial charge in [-0.05, 0) is 41.9 Å². The molecule has 0 spiro atoms. The van der Waals surface area contributed by atoms with Crippen LogP contribution in [0.5, 0.6) is 0 Å². The van der Waals surface area contributed by atoms with Crippen molar-refractivity contribution in [3.05, 3.63) is 33.8 Å². The second-order valence-electron chi connectivity index (χ2n) is 6.78. The summed E-state index contributed by atoms with van der Waals surface area (Å²) < 4.78 is 0.665. The van der Waals surface area contributed by atoms with Gasteiger partial charge in [0.15, 0.2) is 0 Å². The number of rotatable bonds is 8. The van der Waals surface area contributed by atoms with Crippen LogP contribution in [0.4, 0.5) is 0 Å². The average molecular weight is 385 g/mol. The van der Waals surface area contributed by atoms with Crippen molar-refractivity contribution in [1.82, 2.24) is 0 Å². The molecule has 5 heteroatoms. The summed E-state index contributed by atoms with van der Waals surface area (Å²) in [6.45, 7) is 7.87. The van der Waals surface area contributed by atoms with E-state index < -0.39 is 23.8 Å². The molecule has 0 aliphatic rings. The van der Waals surface area contributed by atoms with Crippen molar-refractivity contribution < 1.29 is 19.8 Å². The van der Waals surface area contributed by atoms with Crippen LogP contribution in [0.2, 0.25) is 0 Å². The number of halogens is 1. The summed E-state index contributed by atoms with van der Waals surface area (Å²) in [7, 11) is 0. The second-order valence-corrected chi connectivity index (χ2v) is 7.64. The topological polar surface area (TPSA) is 74.6 Å². The zero-order valence-electron chi connectivity index (χ0n) is 14.0. The van der Waals surface area contributed by atoms with Gasteiger partial charge in [0, 0.05) is 4.47 Å². The molecule has 0 heterocycles. The Kier molecular flexibility index (Phi) is 7.26. The third-order valence-electron chi connectivity index (χ3n) is 3.82. The van der Waals surface area contributed by atoms with Gasteiger partial charge in [-0.1, -0.05) is 55.8 Å². The number of carbonyl (C=O) groups is 2. The van der Waals surface area contributed by atoms with E-state index in [-0.39, 0.29) is 11.8 Å². The predicted molar refractivity (Wildman–Crippen MR) is 93.8 cm³/mol. The first-order chi connectivity index (χ1) is 10.6. The van der Waals surface area contributed by atoms with Crippen LogP contribution in [0.1, 0.15) is 63.5 Å². The lowest BCUT2D eigenvalue weighted by atomic mass is 9.81. The van der Waals surface area contributed by atoms with Gasteiger partial charge in [-0.2, -0.15) is 0 Å². The maximum atomic E-state index is 11.8. The Morgan fingerprint density at radius 1 is 0.957 bits per heavy atom.